The number of urea groups is 1. The fraction of sp³-hybridized carbons (Fsp3) is 0.500. The molecule has 0 fully saturated rings. The van der Waals surface area contributed by atoms with Crippen LogP contribution >= 0.6 is 0 Å². The van der Waals surface area contributed by atoms with Crippen LogP contribution in [-0.2, 0) is 11.3 Å². The average molecular weight is 333 g/mol. The number of aliphatic carboxylic acids is 1. The number of rotatable bonds is 7. The van der Waals surface area contributed by atoms with Crippen molar-refractivity contribution in [3.8, 4) is 5.88 Å². The van der Waals surface area contributed by atoms with Crippen molar-refractivity contribution in [2.24, 2.45) is 0 Å². The molecule has 22 heavy (non-hydrogen) atoms. The van der Waals surface area contributed by atoms with E-state index in [-0.39, 0.29) is 76.5 Å². The summed E-state index contributed by atoms with van der Waals surface area (Å²) in [6.07, 6.45) is 1.45. The zero-order chi connectivity index (χ0) is 15.8. The molecule has 8 heteroatoms. The molecular formula is C14H20KN3O4. The molecule has 1 aromatic rings. The Morgan fingerprint density at radius 1 is 1.45 bits per heavy atom. The van der Waals surface area contributed by atoms with Crippen LogP contribution in [0, 0.1) is 0 Å². The molecule has 116 valence electrons. The van der Waals surface area contributed by atoms with Gasteiger partial charge < -0.3 is 24.9 Å². The van der Waals surface area contributed by atoms with Gasteiger partial charge in [0.05, 0.1) is 6.10 Å². The summed E-state index contributed by atoms with van der Waals surface area (Å²) < 4.78 is 5.47. The van der Waals surface area contributed by atoms with Crippen molar-refractivity contribution in [2.45, 2.75) is 32.9 Å². The van der Waals surface area contributed by atoms with Gasteiger partial charge in [0.15, 0.2) is 0 Å². The molecule has 0 saturated carbocycles. The van der Waals surface area contributed by atoms with E-state index in [1.54, 1.807) is 18.3 Å². The maximum absolute atomic E-state index is 11.7. The number of aromatic nitrogens is 1. The number of amides is 2. The van der Waals surface area contributed by atoms with Crippen LogP contribution < -0.4 is 66.5 Å². The van der Waals surface area contributed by atoms with Gasteiger partial charge in [-0.3, -0.25) is 0 Å². The molecule has 0 aliphatic heterocycles. The molecule has 1 rings (SSSR count). The Morgan fingerprint density at radius 3 is 2.73 bits per heavy atom. The summed E-state index contributed by atoms with van der Waals surface area (Å²) in [5.41, 5.74) is 0.849. The maximum Gasteiger partial charge on any atom is 1.00 e. The van der Waals surface area contributed by atoms with E-state index >= 15 is 0 Å². The van der Waals surface area contributed by atoms with Crippen LogP contribution in [0.15, 0.2) is 18.3 Å². The van der Waals surface area contributed by atoms with E-state index in [0.29, 0.717) is 12.4 Å². The molecule has 0 aliphatic rings. The zero-order valence-electron chi connectivity index (χ0n) is 13.5. The second-order valence-electron chi connectivity index (χ2n) is 4.87. The van der Waals surface area contributed by atoms with Gasteiger partial charge >= 0.3 is 57.4 Å². The standard InChI is InChI=1S/C14H21N3O4.K/c1-10(2)21-12-8-11(4-6-15-12)9-16-14(20)17(3)7-5-13(18)19;/h4,6,8,10H,5,7,9H2,1-3H3,(H,16,20)(H,18,19);/q;+1/p-1. The predicted octanol–water partition coefficient (Wildman–Crippen LogP) is -2.85. The summed E-state index contributed by atoms with van der Waals surface area (Å²) in [5.74, 6) is -0.679. The number of ether oxygens (including phenoxy) is 1. The number of carbonyl (C=O) groups is 2. The first-order valence-corrected chi connectivity index (χ1v) is 6.69. The second-order valence-corrected chi connectivity index (χ2v) is 4.87. The Labute approximate surface area is 172 Å². The van der Waals surface area contributed by atoms with E-state index in [1.165, 1.54) is 11.9 Å². The number of hydrogen-bond acceptors (Lipinski definition) is 5. The largest absolute Gasteiger partial charge is 1.00 e. The molecule has 7 nitrogen and oxygen atoms in total. The average Bonchev–Trinajstić information content (AvgIpc) is 2.41. The number of carboxylic acids is 1. The third kappa shape index (κ3) is 8.69. The molecular weight excluding hydrogens is 313 g/mol. The van der Waals surface area contributed by atoms with Gasteiger partial charge in [-0.2, -0.15) is 0 Å². The van der Waals surface area contributed by atoms with Gasteiger partial charge in [0.25, 0.3) is 0 Å². The molecule has 0 aromatic carbocycles. The van der Waals surface area contributed by atoms with Crippen LogP contribution in [0.2, 0.25) is 0 Å². The first-order valence-electron chi connectivity index (χ1n) is 6.69. The molecule has 1 aromatic heterocycles. The first-order chi connectivity index (χ1) is 9.88. The minimum absolute atomic E-state index is 0. The van der Waals surface area contributed by atoms with Crippen LogP contribution in [0.3, 0.4) is 0 Å². The van der Waals surface area contributed by atoms with Crippen LogP contribution in [0.1, 0.15) is 25.8 Å². The Morgan fingerprint density at radius 2 is 2.14 bits per heavy atom. The second kappa shape index (κ2) is 11.0. The smallest absolute Gasteiger partial charge is 0.550 e. The monoisotopic (exact) mass is 333 g/mol. The minimum atomic E-state index is -1.18. The predicted molar refractivity (Wildman–Crippen MR) is 74.5 cm³/mol. The van der Waals surface area contributed by atoms with Gasteiger partial charge in [-0.05, 0) is 25.5 Å². The summed E-state index contributed by atoms with van der Waals surface area (Å²) in [6, 6.07) is 3.18. The molecule has 1 N–H and O–H groups in total. The van der Waals surface area contributed by atoms with E-state index in [9.17, 15) is 14.7 Å². The van der Waals surface area contributed by atoms with Crippen molar-refractivity contribution in [2.75, 3.05) is 13.6 Å². The normalized spacial score (nSPS) is 9.82. The fourth-order valence-electron chi connectivity index (χ4n) is 1.54. The van der Waals surface area contributed by atoms with E-state index in [0.717, 1.165) is 5.56 Å². The molecule has 0 radical (unpaired) electrons. The van der Waals surface area contributed by atoms with Crippen molar-refractivity contribution >= 4 is 12.0 Å². The number of nitrogens with zero attached hydrogens (tertiary/aromatic N) is 2. The number of hydrogen-bond donors (Lipinski definition) is 1. The van der Waals surface area contributed by atoms with E-state index < -0.39 is 5.97 Å². The van der Waals surface area contributed by atoms with Crippen molar-refractivity contribution in [1.82, 2.24) is 15.2 Å². The summed E-state index contributed by atoms with van der Waals surface area (Å²) in [5, 5.41) is 13.0. The SMILES string of the molecule is CC(C)Oc1cc(CNC(=O)N(C)CCC(=O)[O-])ccn1.[K+]. The number of nitrogens with one attached hydrogen (secondary N) is 1. The molecule has 0 aliphatic carbocycles. The Bertz CT molecular complexity index is 497. The number of carboxylic acid groups (broad SMARTS) is 1. The Balaban J connectivity index is 0.00000441. The van der Waals surface area contributed by atoms with Crippen LogP contribution in [0.25, 0.3) is 0 Å². The number of carbonyl (C=O) groups excluding carboxylic acids is 2. The molecule has 0 atom stereocenters. The van der Waals surface area contributed by atoms with Crippen LogP contribution in [-0.4, -0.2) is 41.6 Å². The molecule has 1 heterocycles. The topological polar surface area (TPSA) is 94.6 Å². The maximum atomic E-state index is 11.7. The molecule has 2 amide bonds. The molecule has 0 unspecified atom stereocenters. The van der Waals surface area contributed by atoms with E-state index in [2.05, 4.69) is 10.3 Å². The van der Waals surface area contributed by atoms with Crippen LogP contribution in [0.5, 0.6) is 5.88 Å². The fourth-order valence-corrected chi connectivity index (χ4v) is 1.54. The summed E-state index contributed by atoms with van der Waals surface area (Å²) in [7, 11) is 1.53. The first kappa shape index (κ1) is 21.3. The van der Waals surface area contributed by atoms with E-state index in [1.807, 2.05) is 13.8 Å². The Hall–Kier alpha value is -0.674. The van der Waals surface area contributed by atoms with Crippen molar-refractivity contribution in [1.29, 1.82) is 0 Å². The summed E-state index contributed by atoms with van der Waals surface area (Å²) in [4.78, 5) is 27.5. The van der Waals surface area contributed by atoms with Crippen molar-refractivity contribution < 1.29 is 70.8 Å². The summed E-state index contributed by atoms with van der Waals surface area (Å²) >= 11 is 0. The quantitative estimate of drug-likeness (QED) is 0.542. The van der Waals surface area contributed by atoms with Crippen molar-refractivity contribution in [3.05, 3.63) is 23.9 Å². The Kier molecular flexibility index (Phi) is 10.6. The number of pyridine rings is 1. The summed E-state index contributed by atoms with van der Waals surface area (Å²) in [6.45, 7) is 4.22. The van der Waals surface area contributed by atoms with Gasteiger partial charge in [0, 0.05) is 44.8 Å². The zero-order valence-corrected chi connectivity index (χ0v) is 16.6. The molecule has 0 spiro atoms. The molecule has 0 bridgehead atoms. The van der Waals surface area contributed by atoms with Gasteiger partial charge in [0.2, 0.25) is 5.88 Å². The third-order valence-corrected chi connectivity index (χ3v) is 2.60. The minimum Gasteiger partial charge on any atom is -0.550 e. The van der Waals surface area contributed by atoms with E-state index in [4.69, 9.17) is 4.74 Å². The third-order valence-electron chi connectivity index (χ3n) is 2.60. The van der Waals surface area contributed by atoms with Crippen LogP contribution in [0.4, 0.5) is 4.79 Å². The molecule has 0 saturated heterocycles. The van der Waals surface area contributed by atoms with Gasteiger partial charge in [-0.15, -0.1) is 0 Å². The van der Waals surface area contributed by atoms with Gasteiger partial charge in [-0.25, -0.2) is 9.78 Å². The van der Waals surface area contributed by atoms with Gasteiger partial charge in [-0.1, -0.05) is 0 Å². The van der Waals surface area contributed by atoms with Gasteiger partial charge in [0.1, 0.15) is 0 Å². The van der Waals surface area contributed by atoms with Crippen molar-refractivity contribution in [3.63, 3.8) is 0 Å².